The molecule has 1 atom stereocenters. The van der Waals surface area contributed by atoms with Gasteiger partial charge in [0.15, 0.2) is 0 Å². The Labute approximate surface area is 176 Å². The second-order valence-corrected chi connectivity index (χ2v) is 7.49. The smallest absolute Gasteiger partial charge is 0.210 e. The summed E-state index contributed by atoms with van der Waals surface area (Å²) in [7, 11) is 0. The standard InChI is InChI=1S/C23H27N5O2/c1-3-26-12-14-27(15-13-26)21-7-4-19(5-8-21)6-9-22-16-20(25-30-22)17-28-11-10-24-23(28)18(2)29/h4-5,7-8,10-11,16,18,29H,3,12-15,17H2,1-2H3/t18-/m0/s1. The maximum Gasteiger partial charge on any atom is 0.210 e. The maximum absolute atomic E-state index is 9.76. The number of benzene rings is 1. The Bertz CT molecular complexity index is 1020. The molecule has 0 radical (unpaired) electrons. The largest absolute Gasteiger partial charge is 0.385 e. The molecule has 0 spiro atoms. The van der Waals surface area contributed by atoms with Crippen molar-refractivity contribution >= 4 is 5.69 Å². The molecule has 30 heavy (non-hydrogen) atoms. The highest BCUT2D eigenvalue weighted by molar-refractivity contribution is 5.51. The first-order chi connectivity index (χ1) is 14.6. The molecule has 1 N–H and O–H groups in total. The van der Waals surface area contributed by atoms with Crippen LogP contribution in [0.4, 0.5) is 5.69 Å². The number of imidazole rings is 1. The molecule has 4 rings (SSSR count). The summed E-state index contributed by atoms with van der Waals surface area (Å²) in [6.07, 6.45) is 2.84. The van der Waals surface area contributed by atoms with Crippen LogP contribution in [0.1, 0.15) is 42.8 Å². The Balaban J connectivity index is 1.38. The fourth-order valence-corrected chi connectivity index (χ4v) is 3.65. The predicted molar refractivity (Wildman–Crippen MR) is 115 cm³/mol. The molecule has 0 amide bonds. The zero-order chi connectivity index (χ0) is 20.9. The molecule has 0 aliphatic carbocycles. The SMILES string of the molecule is CCN1CCN(c2ccc(C#Cc3cc(Cn4ccnc4[C@H](C)O)no3)cc2)CC1. The van der Waals surface area contributed by atoms with Crippen molar-refractivity contribution < 1.29 is 9.63 Å². The van der Waals surface area contributed by atoms with Gasteiger partial charge in [0.2, 0.25) is 5.76 Å². The number of anilines is 1. The van der Waals surface area contributed by atoms with E-state index >= 15 is 0 Å². The van der Waals surface area contributed by atoms with Gasteiger partial charge in [-0.1, -0.05) is 18.0 Å². The van der Waals surface area contributed by atoms with Crippen molar-refractivity contribution in [3.05, 3.63) is 65.6 Å². The van der Waals surface area contributed by atoms with Crippen LogP contribution in [0.25, 0.3) is 0 Å². The normalized spacial score (nSPS) is 15.6. The lowest BCUT2D eigenvalue weighted by Crippen LogP contribution is -2.46. The van der Waals surface area contributed by atoms with Gasteiger partial charge in [-0.3, -0.25) is 0 Å². The van der Waals surface area contributed by atoms with Gasteiger partial charge in [0.25, 0.3) is 0 Å². The quantitative estimate of drug-likeness (QED) is 0.658. The van der Waals surface area contributed by atoms with Crippen molar-refractivity contribution in [3.8, 4) is 11.8 Å². The van der Waals surface area contributed by atoms with E-state index in [1.54, 1.807) is 13.1 Å². The summed E-state index contributed by atoms with van der Waals surface area (Å²) in [5.74, 6) is 7.29. The number of nitrogens with zero attached hydrogens (tertiary/aromatic N) is 5. The van der Waals surface area contributed by atoms with Crippen LogP contribution < -0.4 is 4.90 Å². The van der Waals surface area contributed by atoms with Gasteiger partial charge in [-0.2, -0.15) is 0 Å². The average Bonchev–Trinajstić information content (AvgIpc) is 3.42. The van der Waals surface area contributed by atoms with Gasteiger partial charge < -0.3 is 24.0 Å². The summed E-state index contributed by atoms with van der Waals surface area (Å²) in [4.78, 5) is 9.06. The van der Waals surface area contributed by atoms with Gasteiger partial charge in [-0.25, -0.2) is 4.98 Å². The highest BCUT2D eigenvalue weighted by Gasteiger charge is 2.15. The molecule has 3 heterocycles. The summed E-state index contributed by atoms with van der Waals surface area (Å²) in [5, 5.41) is 13.8. The number of likely N-dealkylation sites (N-methyl/N-ethyl adjacent to an activating group) is 1. The third-order valence-corrected chi connectivity index (χ3v) is 5.39. The second kappa shape index (κ2) is 9.16. The van der Waals surface area contributed by atoms with Crippen LogP contribution >= 0.6 is 0 Å². The molecule has 1 aliphatic heterocycles. The van der Waals surface area contributed by atoms with E-state index in [0.717, 1.165) is 44.0 Å². The lowest BCUT2D eigenvalue weighted by molar-refractivity contribution is 0.184. The topological polar surface area (TPSA) is 70.6 Å². The molecule has 1 fully saturated rings. The number of aliphatic hydroxyl groups excluding tert-OH is 1. The van der Waals surface area contributed by atoms with E-state index in [-0.39, 0.29) is 0 Å². The molecule has 7 nitrogen and oxygen atoms in total. The van der Waals surface area contributed by atoms with Gasteiger partial charge in [0.1, 0.15) is 17.6 Å². The summed E-state index contributed by atoms with van der Waals surface area (Å²) in [6.45, 7) is 9.86. The minimum atomic E-state index is -0.635. The molecule has 0 unspecified atom stereocenters. The van der Waals surface area contributed by atoms with Gasteiger partial charge in [-0.15, -0.1) is 0 Å². The fourth-order valence-electron chi connectivity index (χ4n) is 3.65. The van der Waals surface area contributed by atoms with E-state index < -0.39 is 6.10 Å². The summed E-state index contributed by atoms with van der Waals surface area (Å²) in [5.41, 5.74) is 2.92. The highest BCUT2D eigenvalue weighted by atomic mass is 16.5. The summed E-state index contributed by atoms with van der Waals surface area (Å²) in [6, 6.07) is 10.2. The highest BCUT2D eigenvalue weighted by Crippen LogP contribution is 2.17. The third-order valence-electron chi connectivity index (χ3n) is 5.39. The Morgan fingerprint density at radius 1 is 1.13 bits per heavy atom. The molecule has 156 valence electrons. The number of hydrogen-bond acceptors (Lipinski definition) is 6. The van der Waals surface area contributed by atoms with Crippen LogP contribution in [0.2, 0.25) is 0 Å². The van der Waals surface area contributed by atoms with E-state index in [2.05, 4.69) is 50.8 Å². The first kappa shape index (κ1) is 20.2. The molecule has 0 saturated carbocycles. The summed E-state index contributed by atoms with van der Waals surface area (Å²) >= 11 is 0. The first-order valence-electron chi connectivity index (χ1n) is 10.4. The fraction of sp³-hybridized carbons (Fsp3) is 0.391. The van der Waals surface area contributed by atoms with E-state index in [1.165, 1.54) is 5.69 Å². The molecule has 1 saturated heterocycles. The zero-order valence-corrected chi connectivity index (χ0v) is 17.5. The van der Waals surface area contributed by atoms with Crippen molar-refractivity contribution in [1.29, 1.82) is 0 Å². The van der Waals surface area contributed by atoms with Crippen LogP contribution in [0.3, 0.4) is 0 Å². The number of piperazine rings is 1. The first-order valence-corrected chi connectivity index (χ1v) is 10.4. The number of hydrogen-bond donors (Lipinski definition) is 1. The van der Waals surface area contributed by atoms with Crippen LogP contribution in [0.15, 0.2) is 47.2 Å². The van der Waals surface area contributed by atoms with Crippen molar-refractivity contribution in [3.63, 3.8) is 0 Å². The molecule has 1 aromatic carbocycles. The molecule has 7 heteroatoms. The average molecular weight is 406 g/mol. The molecule has 1 aliphatic rings. The monoisotopic (exact) mass is 405 g/mol. The lowest BCUT2D eigenvalue weighted by Gasteiger charge is -2.35. The van der Waals surface area contributed by atoms with E-state index in [0.29, 0.717) is 18.1 Å². The van der Waals surface area contributed by atoms with Crippen molar-refractivity contribution in [2.75, 3.05) is 37.6 Å². The lowest BCUT2D eigenvalue weighted by atomic mass is 10.1. The van der Waals surface area contributed by atoms with Crippen LogP contribution in [-0.2, 0) is 6.54 Å². The van der Waals surface area contributed by atoms with Crippen molar-refractivity contribution in [2.24, 2.45) is 0 Å². The van der Waals surface area contributed by atoms with Crippen LogP contribution in [0.5, 0.6) is 0 Å². The van der Waals surface area contributed by atoms with E-state index in [4.69, 9.17) is 4.52 Å². The molecular weight excluding hydrogens is 378 g/mol. The Morgan fingerprint density at radius 3 is 2.60 bits per heavy atom. The molecule has 2 aromatic heterocycles. The minimum Gasteiger partial charge on any atom is -0.385 e. The molecular formula is C23H27N5O2. The van der Waals surface area contributed by atoms with Gasteiger partial charge in [0, 0.05) is 55.9 Å². The number of aromatic nitrogens is 3. The van der Waals surface area contributed by atoms with Crippen molar-refractivity contribution in [2.45, 2.75) is 26.5 Å². The van der Waals surface area contributed by atoms with Crippen LogP contribution in [0, 0.1) is 11.8 Å². The Kier molecular flexibility index (Phi) is 6.17. The zero-order valence-electron chi connectivity index (χ0n) is 17.5. The van der Waals surface area contributed by atoms with Crippen LogP contribution in [-0.4, -0.2) is 57.4 Å². The maximum atomic E-state index is 9.76. The van der Waals surface area contributed by atoms with Gasteiger partial charge in [0.05, 0.1) is 6.54 Å². The number of aliphatic hydroxyl groups is 1. The molecule has 3 aromatic rings. The Morgan fingerprint density at radius 2 is 1.90 bits per heavy atom. The van der Waals surface area contributed by atoms with E-state index in [1.807, 2.05) is 29.0 Å². The van der Waals surface area contributed by atoms with E-state index in [9.17, 15) is 5.11 Å². The minimum absolute atomic E-state index is 0.478. The Hall–Kier alpha value is -3.08. The third kappa shape index (κ3) is 4.73. The number of rotatable bonds is 5. The van der Waals surface area contributed by atoms with Gasteiger partial charge >= 0.3 is 0 Å². The summed E-state index contributed by atoms with van der Waals surface area (Å²) < 4.78 is 7.19. The van der Waals surface area contributed by atoms with Crippen molar-refractivity contribution in [1.82, 2.24) is 19.6 Å². The predicted octanol–water partition coefficient (Wildman–Crippen LogP) is 2.51. The molecule has 0 bridgehead atoms. The van der Waals surface area contributed by atoms with Gasteiger partial charge in [-0.05, 0) is 43.7 Å². The second-order valence-electron chi connectivity index (χ2n) is 7.49.